The molecule has 2 aliphatic rings. The number of ketones is 1. The molecule has 0 saturated carbocycles. The third-order valence-corrected chi connectivity index (χ3v) is 6.38. The van der Waals surface area contributed by atoms with Gasteiger partial charge in [0.2, 0.25) is 0 Å². The smallest absolute Gasteiger partial charge is 0.295 e. The average Bonchev–Trinajstić information content (AvgIpc) is 3.14. The van der Waals surface area contributed by atoms with E-state index < -0.39 is 17.7 Å². The quantitative estimate of drug-likeness (QED) is 0.346. The molecule has 1 aromatic heterocycles. The SMILES string of the molecule is COc1ccc(C2/C(=C(/O)c3ccc4c(c3)N(C)CCO4)C(=O)C(=O)N2Cc2cccnc2)cc1. The lowest BCUT2D eigenvalue weighted by molar-refractivity contribution is -0.140. The molecule has 35 heavy (non-hydrogen) atoms. The van der Waals surface area contributed by atoms with Crippen molar-refractivity contribution in [3.05, 3.63) is 89.3 Å². The Morgan fingerprint density at radius 1 is 1.17 bits per heavy atom. The Labute approximate surface area is 203 Å². The van der Waals surface area contributed by atoms with E-state index in [2.05, 4.69) is 4.98 Å². The number of aliphatic hydroxyl groups excluding tert-OH is 1. The van der Waals surface area contributed by atoms with Gasteiger partial charge in [-0.2, -0.15) is 0 Å². The van der Waals surface area contributed by atoms with Crippen LogP contribution in [-0.2, 0) is 16.1 Å². The van der Waals surface area contributed by atoms with E-state index in [-0.39, 0.29) is 17.9 Å². The molecule has 0 aliphatic carbocycles. The number of likely N-dealkylation sites (N-methyl/N-ethyl adjacent to an activating group) is 1. The molecule has 2 aliphatic heterocycles. The highest BCUT2D eigenvalue weighted by molar-refractivity contribution is 6.46. The van der Waals surface area contributed by atoms with Gasteiger partial charge >= 0.3 is 0 Å². The molecule has 0 spiro atoms. The number of nitrogens with zero attached hydrogens (tertiary/aromatic N) is 3. The van der Waals surface area contributed by atoms with Gasteiger partial charge < -0.3 is 24.4 Å². The van der Waals surface area contributed by atoms with Crippen LogP contribution < -0.4 is 14.4 Å². The maximum Gasteiger partial charge on any atom is 0.295 e. The number of hydrogen-bond donors (Lipinski definition) is 1. The topological polar surface area (TPSA) is 92.2 Å². The summed E-state index contributed by atoms with van der Waals surface area (Å²) in [4.78, 5) is 34.1. The summed E-state index contributed by atoms with van der Waals surface area (Å²) in [5, 5.41) is 11.4. The Morgan fingerprint density at radius 2 is 1.97 bits per heavy atom. The van der Waals surface area contributed by atoms with E-state index in [1.54, 1.807) is 68.0 Å². The van der Waals surface area contributed by atoms with Crippen LogP contribution in [0.15, 0.2) is 72.6 Å². The number of ether oxygens (including phenoxy) is 2. The van der Waals surface area contributed by atoms with Crippen LogP contribution in [0.5, 0.6) is 11.5 Å². The van der Waals surface area contributed by atoms with Gasteiger partial charge in [-0.1, -0.05) is 18.2 Å². The highest BCUT2D eigenvalue weighted by Gasteiger charge is 2.46. The Balaban J connectivity index is 1.63. The zero-order valence-electron chi connectivity index (χ0n) is 19.5. The molecule has 2 aromatic carbocycles. The number of amides is 1. The summed E-state index contributed by atoms with van der Waals surface area (Å²) in [5.74, 6) is -0.265. The highest BCUT2D eigenvalue weighted by atomic mass is 16.5. The van der Waals surface area contributed by atoms with Gasteiger partial charge in [0.05, 0.1) is 31.0 Å². The Hall–Kier alpha value is -4.33. The summed E-state index contributed by atoms with van der Waals surface area (Å²) >= 11 is 0. The summed E-state index contributed by atoms with van der Waals surface area (Å²) in [6.07, 6.45) is 3.30. The van der Waals surface area contributed by atoms with Gasteiger partial charge in [-0.05, 0) is 47.5 Å². The van der Waals surface area contributed by atoms with Gasteiger partial charge in [-0.15, -0.1) is 0 Å². The maximum absolute atomic E-state index is 13.3. The van der Waals surface area contributed by atoms with E-state index in [0.717, 1.165) is 11.3 Å². The van der Waals surface area contributed by atoms with E-state index in [1.807, 2.05) is 18.0 Å². The molecule has 3 aromatic rings. The maximum atomic E-state index is 13.3. The lowest BCUT2D eigenvalue weighted by atomic mass is 9.94. The van der Waals surface area contributed by atoms with Crippen LogP contribution in [0, 0.1) is 0 Å². The van der Waals surface area contributed by atoms with Gasteiger partial charge in [-0.25, -0.2) is 0 Å². The number of carbonyl (C=O) groups excluding carboxylic acids is 2. The molecule has 8 nitrogen and oxygen atoms in total. The zero-order chi connectivity index (χ0) is 24.5. The number of aliphatic hydroxyl groups is 1. The van der Waals surface area contributed by atoms with Crippen LogP contribution >= 0.6 is 0 Å². The molecule has 1 atom stereocenters. The van der Waals surface area contributed by atoms with Gasteiger partial charge in [-0.3, -0.25) is 14.6 Å². The lowest BCUT2D eigenvalue weighted by Gasteiger charge is -2.28. The number of pyridine rings is 1. The Bertz CT molecular complexity index is 1300. The molecule has 1 N–H and O–H groups in total. The van der Waals surface area contributed by atoms with Gasteiger partial charge in [0.1, 0.15) is 23.9 Å². The Morgan fingerprint density at radius 3 is 2.69 bits per heavy atom. The van der Waals surface area contributed by atoms with Gasteiger partial charge in [0, 0.05) is 31.5 Å². The molecule has 178 valence electrons. The van der Waals surface area contributed by atoms with Gasteiger partial charge in [0.15, 0.2) is 0 Å². The minimum atomic E-state index is -0.772. The summed E-state index contributed by atoms with van der Waals surface area (Å²) in [7, 11) is 3.51. The third-order valence-electron chi connectivity index (χ3n) is 6.38. The lowest BCUT2D eigenvalue weighted by Crippen LogP contribution is -2.29. The molecule has 0 radical (unpaired) electrons. The monoisotopic (exact) mass is 471 g/mol. The number of anilines is 1. The first-order valence-corrected chi connectivity index (χ1v) is 11.3. The first-order valence-electron chi connectivity index (χ1n) is 11.3. The first kappa shape index (κ1) is 22.5. The van der Waals surface area contributed by atoms with E-state index in [9.17, 15) is 14.7 Å². The Kier molecular flexibility index (Phi) is 5.86. The number of aromatic nitrogens is 1. The molecule has 0 bridgehead atoms. The summed E-state index contributed by atoms with van der Waals surface area (Å²) < 4.78 is 11.0. The third kappa shape index (κ3) is 4.07. The number of hydrogen-bond acceptors (Lipinski definition) is 7. The van der Waals surface area contributed by atoms with E-state index >= 15 is 0 Å². The number of carbonyl (C=O) groups is 2. The fraction of sp³-hybridized carbons (Fsp3) is 0.222. The van der Waals surface area contributed by atoms with Crippen LogP contribution in [0.2, 0.25) is 0 Å². The molecule has 1 unspecified atom stereocenters. The van der Waals surface area contributed by atoms with Crippen molar-refractivity contribution in [1.29, 1.82) is 0 Å². The van der Waals surface area contributed by atoms with E-state index in [1.165, 1.54) is 4.90 Å². The fourth-order valence-electron chi connectivity index (χ4n) is 4.52. The van der Waals surface area contributed by atoms with Crippen LogP contribution in [0.4, 0.5) is 5.69 Å². The number of fused-ring (bicyclic) bond motifs is 1. The number of benzene rings is 2. The average molecular weight is 472 g/mol. The predicted molar refractivity (Wildman–Crippen MR) is 130 cm³/mol. The molecule has 1 amide bonds. The molecular weight excluding hydrogens is 446 g/mol. The second kappa shape index (κ2) is 9.13. The second-order valence-electron chi connectivity index (χ2n) is 8.51. The molecule has 3 heterocycles. The van der Waals surface area contributed by atoms with Crippen molar-refractivity contribution in [2.75, 3.05) is 32.2 Å². The van der Waals surface area contributed by atoms with Crippen molar-refractivity contribution in [1.82, 2.24) is 9.88 Å². The molecule has 1 saturated heterocycles. The summed E-state index contributed by atoms with van der Waals surface area (Å²) in [6, 6.07) is 15.2. The largest absolute Gasteiger partial charge is 0.507 e. The second-order valence-corrected chi connectivity index (χ2v) is 8.51. The molecule has 5 rings (SSSR count). The summed E-state index contributed by atoms with van der Waals surface area (Å²) in [6.45, 7) is 1.46. The van der Waals surface area contributed by atoms with Crippen molar-refractivity contribution in [3.8, 4) is 11.5 Å². The highest BCUT2D eigenvalue weighted by Crippen LogP contribution is 2.42. The standard InChI is InChI=1S/C27H25N3O5/c1-29-12-13-35-22-10-7-19(14-21(22)29)25(31)23-24(18-5-8-20(34-2)9-6-18)30(27(33)26(23)32)16-17-4-3-11-28-15-17/h3-11,14-15,24,31H,12-13,16H2,1-2H3/b25-23-. The first-order chi connectivity index (χ1) is 17.0. The van der Waals surface area contributed by atoms with Crippen LogP contribution in [0.3, 0.4) is 0 Å². The molecule has 1 fully saturated rings. The van der Waals surface area contributed by atoms with Crippen molar-refractivity contribution >= 4 is 23.1 Å². The normalized spacial score (nSPS) is 18.9. The van der Waals surface area contributed by atoms with E-state index in [4.69, 9.17) is 9.47 Å². The van der Waals surface area contributed by atoms with Crippen LogP contribution in [-0.4, -0.2) is 54.0 Å². The fourth-order valence-corrected chi connectivity index (χ4v) is 4.52. The van der Waals surface area contributed by atoms with Crippen molar-refractivity contribution < 1.29 is 24.2 Å². The van der Waals surface area contributed by atoms with E-state index in [0.29, 0.717) is 35.8 Å². The van der Waals surface area contributed by atoms with Crippen LogP contribution in [0.25, 0.3) is 5.76 Å². The number of rotatable bonds is 5. The predicted octanol–water partition coefficient (Wildman–Crippen LogP) is 3.54. The number of Topliss-reactive ketones (excluding diaryl/α,β-unsaturated/α-hetero) is 1. The number of methoxy groups -OCH3 is 1. The molecular formula is C27H25N3O5. The van der Waals surface area contributed by atoms with Crippen molar-refractivity contribution in [2.24, 2.45) is 0 Å². The zero-order valence-corrected chi connectivity index (χ0v) is 19.5. The van der Waals surface area contributed by atoms with Gasteiger partial charge in [0.25, 0.3) is 11.7 Å². The van der Waals surface area contributed by atoms with Crippen molar-refractivity contribution in [3.63, 3.8) is 0 Å². The van der Waals surface area contributed by atoms with Crippen LogP contribution in [0.1, 0.15) is 22.7 Å². The van der Waals surface area contributed by atoms with Crippen molar-refractivity contribution in [2.45, 2.75) is 12.6 Å². The minimum Gasteiger partial charge on any atom is -0.507 e. The minimum absolute atomic E-state index is 0.0448. The molecule has 8 heteroatoms. The summed E-state index contributed by atoms with van der Waals surface area (Å²) in [5.41, 5.74) is 2.77. The number of likely N-dealkylation sites (tertiary alicyclic amines) is 1.